The van der Waals surface area contributed by atoms with Crippen LogP contribution in [0.3, 0.4) is 0 Å². The Morgan fingerprint density at radius 3 is 2.36 bits per heavy atom. The van der Waals surface area contributed by atoms with Gasteiger partial charge in [-0.15, -0.1) is 0 Å². The maximum absolute atomic E-state index is 12.7. The molecule has 28 heavy (non-hydrogen) atoms. The number of carboxylic acid groups (broad SMARTS) is 1. The van der Waals surface area contributed by atoms with E-state index in [9.17, 15) is 19.8 Å². The summed E-state index contributed by atoms with van der Waals surface area (Å²) >= 11 is 0. The molecule has 1 amide bonds. The maximum atomic E-state index is 12.7. The summed E-state index contributed by atoms with van der Waals surface area (Å²) in [6.07, 6.45) is -0.263. The van der Waals surface area contributed by atoms with Gasteiger partial charge in [-0.25, -0.2) is 4.68 Å². The number of carboxylic acids is 1. The first-order valence-corrected chi connectivity index (χ1v) is 8.80. The van der Waals surface area contributed by atoms with Gasteiger partial charge in [0.25, 0.3) is 5.91 Å². The van der Waals surface area contributed by atoms with Gasteiger partial charge in [-0.05, 0) is 36.6 Å². The van der Waals surface area contributed by atoms with Crippen molar-refractivity contribution < 1.29 is 19.8 Å². The van der Waals surface area contributed by atoms with Crippen molar-refractivity contribution >= 4 is 11.9 Å². The summed E-state index contributed by atoms with van der Waals surface area (Å²) in [5.74, 6) is -1.76. The van der Waals surface area contributed by atoms with Gasteiger partial charge in [0.05, 0.1) is 18.2 Å². The number of hydrogen-bond acceptors (Lipinski definition) is 4. The largest absolute Gasteiger partial charge is 0.493 e. The first kappa shape index (κ1) is 19.2. The van der Waals surface area contributed by atoms with Gasteiger partial charge in [-0.2, -0.15) is 5.10 Å². The molecule has 7 heteroatoms. The van der Waals surface area contributed by atoms with Crippen molar-refractivity contribution in [2.45, 2.75) is 26.3 Å². The average molecular weight is 379 g/mol. The third-order valence-corrected chi connectivity index (χ3v) is 4.51. The lowest BCUT2D eigenvalue weighted by atomic mass is 9.98. The minimum Gasteiger partial charge on any atom is -0.493 e. The fourth-order valence-electron chi connectivity index (χ4n) is 3.08. The topological polar surface area (TPSA) is 104 Å². The van der Waals surface area contributed by atoms with Crippen LogP contribution in [-0.4, -0.2) is 31.9 Å². The number of aliphatic carboxylic acids is 1. The van der Waals surface area contributed by atoms with E-state index in [0.717, 1.165) is 16.7 Å². The highest BCUT2D eigenvalue weighted by Gasteiger charge is 2.23. The summed E-state index contributed by atoms with van der Waals surface area (Å²) in [6, 6.07) is 15.2. The molecule has 0 saturated heterocycles. The van der Waals surface area contributed by atoms with E-state index in [2.05, 4.69) is 10.4 Å². The Kier molecular flexibility index (Phi) is 5.44. The van der Waals surface area contributed by atoms with E-state index in [1.165, 1.54) is 10.7 Å². The number of amides is 1. The number of nitrogens with one attached hydrogen (secondary N) is 1. The minimum atomic E-state index is -1.03. The molecule has 7 nitrogen and oxygen atoms in total. The van der Waals surface area contributed by atoms with Gasteiger partial charge >= 0.3 is 5.97 Å². The lowest BCUT2D eigenvalue weighted by Crippen LogP contribution is -2.31. The van der Waals surface area contributed by atoms with Crippen molar-refractivity contribution in [2.24, 2.45) is 0 Å². The Morgan fingerprint density at radius 2 is 1.71 bits per heavy atom. The van der Waals surface area contributed by atoms with E-state index in [-0.39, 0.29) is 18.0 Å². The van der Waals surface area contributed by atoms with Crippen molar-refractivity contribution in [2.75, 3.05) is 0 Å². The van der Waals surface area contributed by atoms with Crippen LogP contribution in [0.1, 0.15) is 39.6 Å². The van der Waals surface area contributed by atoms with Crippen molar-refractivity contribution in [3.8, 4) is 11.6 Å². The fraction of sp³-hybridized carbons (Fsp3) is 0.190. The van der Waals surface area contributed by atoms with Crippen LogP contribution in [0.4, 0.5) is 0 Å². The van der Waals surface area contributed by atoms with Crippen LogP contribution in [0.25, 0.3) is 5.69 Å². The summed E-state index contributed by atoms with van der Waals surface area (Å²) < 4.78 is 1.28. The zero-order valence-corrected chi connectivity index (χ0v) is 15.6. The Hall–Kier alpha value is -3.61. The van der Waals surface area contributed by atoms with Crippen LogP contribution in [0.2, 0.25) is 0 Å². The van der Waals surface area contributed by atoms with Crippen molar-refractivity contribution in [1.82, 2.24) is 15.1 Å². The zero-order chi connectivity index (χ0) is 20.3. The normalized spacial score (nSPS) is 11.8. The van der Waals surface area contributed by atoms with E-state index in [1.54, 1.807) is 18.2 Å². The molecule has 0 bridgehead atoms. The summed E-state index contributed by atoms with van der Waals surface area (Å²) in [5, 5.41) is 26.4. The second-order valence-electron chi connectivity index (χ2n) is 6.57. The number of nitrogens with zero attached hydrogens (tertiary/aromatic N) is 2. The highest BCUT2D eigenvalue weighted by molar-refractivity contribution is 5.93. The first-order chi connectivity index (χ1) is 13.4. The van der Waals surface area contributed by atoms with Gasteiger partial charge in [0, 0.05) is 6.07 Å². The Labute approximate surface area is 162 Å². The van der Waals surface area contributed by atoms with Crippen LogP contribution in [0.5, 0.6) is 5.88 Å². The molecule has 0 radical (unpaired) electrons. The number of carbonyl (C=O) groups is 2. The number of aryl methyl sites for hydroxylation is 2. The predicted octanol–water partition coefficient (Wildman–Crippen LogP) is 3.14. The second-order valence-corrected chi connectivity index (χ2v) is 6.57. The molecule has 2 aromatic carbocycles. The number of para-hydroxylation sites is 1. The molecule has 3 aromatic rings. The van der Waals surface area contributed by atoms with Gasteiger partial charge in [-0.1, -0.05) is 42.5 Å². The van der Waals surface area contributed by atoms with Crippen LogP contribution >= 0.6 is 0 Å². The summed E-state index contributed by atoms with van der Waals surface area (Å²) in [7, 11) is 0. The molecule has 0 aliphatic rings. The van der Waals surface area contributed by atoms with E-state index >= 15 is 0 Å². The molecule has 1 aromatic heterocycles. The zero-order valence-electron chi connectivity index (χ0n) is 15.6. The number of aromatic nitrogens is 2. The molecule has 0 unspecified atom stereocenters. The van der Waals surface area contributed by atoms with Crippen LogP contribution < -0.4 is 5.32 Å². The Morgan fingerprint density at radius 1 is 1.07 bits per heavy atom. The lowest BCUT2D eigenvalue weighted by molar-refractivity contribution is -0.137. The molecule has 0 spiro atoms. The van der Waals surface area contributed by atoms with Gasteiger partial charge < -0.3 is 15.5 Å². The molecule has 1 atom stereocenters. The van der Waals surface area contributed by atoms with Crippen molar-refractivity contribution in [3.63, 3.8) is 0 Å². The van der Waals surface area contributed by atoms with Crippen LogP contribution in [0, 0.1) is 13.8 Å². The van der Waals surface area contributed by atoms with Crippen molar-refractivity contribution in [3.05, 3.63) is 77.0 Å². The Balaban J connectivity index is 1.89. The molecule has 3 rings (SSSR count). The quantitative estimate of drug-likeness (QED) is 0.610. The molecular weight excluding hydrogens is 358 g/mol. The summed E-state index contributed by atoms with van der Waals surface area (Å²) in [6.45, 7) is 3.73. The van der Waals surface area contributed by atoms with E-state index in [4.69, 9.17) is 0 Å². The van der Waals surface area contributed by atoms with E-state index in [0.29, 0.717) is 5.69 Å². The van der Waals surface area contributed by atoms with E-state index < -0.39 is 17.9 Å². The minimum absolute atomic E-state index is 0.00438. The van der Waals surface area contributed by atoms with Gasteiger partial charge in [0.2, 0.25) is 5.88 Å². The molecule has 3 N–H and O–H groups in total. The smallest absolute Gasteiger partial charge is 0.305 e. The van der Waals surface area contributed by atoms with Crippen molar-refractivity contribution in [1.29, 1.82) is 0 Å². The van der Waals surface area contributed by atoms with Crippen LogP contribution in [-0.2, 0) is 4.79 Å². The molecule has 144 valence electrons. The molecule has 0 saturated carbocycles. The summed E-state index contributed by atoms with van der Waals surface area (Å²) in [4.78, 5) is 24.0. The maximum Gasteiger partial charge on any atom is 0.305 e. The number of rotatable bonds is 6. The van der Waals surface area contributed by atoms with Crippen LogP contribution in [0.15, 0.2) is 54.6 Å². The average Bonchev–Trinajstić information content (AvgIpc) is 3.03. The van der Waals surface area contributed by atoms with Gasteiger partial charge in [0.1, 0.15) is 0 Å². The highest BCUT2D eigenvalue weighted by Crippen LogP contribution is 2.23. The lowest BCUT2D eigenvalue weighted by Gasteiger charge is -2.18. The third-order valence-electron chi connectivity index (χ3n) is 4.51. The Bertz CT molecular complexity index is 1030. The molecule has 0 aliphatic heterocycles. The third kappa shape index (κ3) is 4.03. The molecule has 1 heterocycles. The first-order valence-electron chi connectivity index (χ1n) is 8.80. The van der Waals surface area contributed by atoms with E-state index in [1.807, 2.05) is 44.2 Å². The monoisotopic (exact) mass is 379 g/mol. The predicted molar refractivity (Wildman–Crippen MR) is 104 cm³/mol. The number of aromatic hydroxyl groups is 1. The number of hydrogen-bond donors (Lipinski definition) is 3. The second kappa shape index (κ2) is 7.96. The molecule has 0 fully saturated rings. The molecule has 0 aliphatic carbocycles. The summed E-state index contributed by atoms with van der Waals surface area (Å²) in [5.41, 5.74) is 3.14. The molecular formula is C21H21N3O4. The van der Waals surface area contributed by atoms with Gasteiger partial charge in [-0.3, -0.25) is 9.59 Å². The van der Waals surface area contributed by atoms with Gasteiger partial charge in [0.15, 0.2) is 5.69 Å². The number of carbonyl (C=O) groups excluding carboxylic acids is 1. The fourth-order valence-corrected chi connectivity index (χ4v) is 3.08. The number of benzene rings is 2. The highest BCUT2D eigenvalue weighted by atomic mass is 16.4. The SMILES string of the molecule is Cc1ccccc1[C@H](CC(=O)O)NC(=O)c1cc(O)n(-c2ccccc2C)n1. The standard InChI is InChI=1S/C21H21N3O4/c1-13-7-3-5-9-15(13)16(12-20(26)27)22-21(28)17-11-19(25)24(23-17)18-10-6-4-8-14(18)2/h3-11,16,25H,12H2,1-2H3,(H,22,28)(H,26,27)/t16-/m0/s1.